The van der Waals surface area contributed by atoms with Crippen molar-refractivity contribution in [3.05, 3.63) is 0 Å². The number of carboxylic acids is 1. The maximum atomic E-state index is 11.8. The number of hydrogen-bond donors (Lipinski definition) is 3. The summed E-state index contributed by atoms with van der Waals surface area (Å²) in [6.45, 7) is 13.3. The zero-order valence-electron chi connectivity index (χ0n) is 32.1. The second-order valence-corrected chi connectivity index (χ2v) is 19.5. The third kappa shape index (κ3) is 5.99. The van der Waals surface area contributed by atoms with Crippen molar-refractivity contribution in [1.82, 2.24) is 0 Å². The monoisotopic (exact) mass is 716 g/mol. The second kappa shape index (κ2) is 13.7. The lowest BCUT2D eigenvalue weighted by Gasteiger charge is -2.63. The topological polar surface area (TPSA) is 124 Å². The summed E-state index contributed by atoms with van der Waals surface area (Å²) in [7, 11) is 0. The molecule has 9 heteroatoms. The van der Waals surface area contributed by atoms with Crippen LogP contribution >= 0.6 is 0 Å². The molecular formula is C42H68O9. The van der Waals surface area contributed by atoms with Gasteiger partial charge in [0.2, 0.25) is 0 Å². The number of aliphatic hydroxyl groups is 2. The number of aliphatic carboxylic acids is 1. The highest BCUT2D eigenvalue weighted by Crippen LogP contribution is 2.68. The van der Waals surface area contributed by atoms with Crippen LogP contribution in [-0.2, 0) is 28.5 Å². The van der Waals surface area contributed by atoms with Crippen LogP contribution in [-0.4, -0.2) is 83.2 Å². The molecule has 51 heavy (non-hydrogen) atoms. The van der Waals surface area contributed by atoms with Gasteiger partial charge in [0, 0.05) is 12.8 Å². The zero-order valence-corrected chi connectivity index (χ0v) is 32.1. The molecule has 8 fully saturated rings. The predicted octanol–water partition coefficient (Wildman–Crippen LogP) is 6.95. The van der Waals surface area contributed by atoms with Crippen LogP contribution in [0.1, 0.15) is 131 Å². The van der Waals surface area contributed by atoms with Gasteiger partial charge in [0.25, 0.3) is 0 Å². The van der Waals surface area contributed by atoms with Gasteiger partial charge < -0.3 is 39.0 Å². The minimum absolute atomic E-state index is 0.0894. The fourth-order valence-corrected chi connectivity index (χ4v) is 14.6. The largest absolute Gasteiger partial charge is 0.481 e. The Morgan fingerprint density at radius 3 is 2.43 bits per heavy atom. The summed E-state index contributed by atoms with van der Waals surface area (Å²) in [6, 6.07) is 0. The van der Waals surface area contributed by atoms with Crippen LogP contribution in [0.25, 0.3) is 0 Å². The highest BCUT2D eigenvalue weighted by Gasteiger charge is 2.70. The van der Waals surface area contributed by atoms with Crippen molar-refractivity contribution in [1.29, 1.82) is 0 Å². The summed E-state index contributed by atoms with van der Waals surface area (Å²) in [4.78, 5) is 11.2. The molecule has 0 aromatic carbocycles. The number of carbonyl (C=O) groups is 1. The average Bonchev–Trinajstić information content (AvgIpc) is 3.52. The first kappa shape index (κ1) is 37.1. The number of hydrogen-bond acceptors (Lipinski definition) is 8. The lowest BCUT2D eigenvalue weighted by Crippen LogP contribution is -2.63. The predicted molar refractivity (Wildman–Crippen MR) is 190 cm³/mol. The molecule has 9 nitrogen and oxygen atoms in total. The van der Waals surface area contributed by atoms with Crippen LogP contribution in [0.5, 0.6) is 0 Å². The van der Waals surface area contributed by atoms with E-state index in [1.165, 1.54) is 6.42 Å². The molecule has 1 spiro atoms. The van der Waals surface area contributed by atoms with Crippen molar-refractivity contribution in [3.63, 3.8) is 0 Å². The lowest BCUT2D eigenvalue weighted by molar-refractivity contribution is -0.262. The molecule has 8 aliphatic rings. The Morgan fingerprint density at radius 1 is 0.843 bits per heavy atom. The van der Waals surface area contributed by atoms with Gasteiger partial charge in [-0.2, -0.15) is 0 Å². The smallest absolute Gasteiger partial charge is 0.303 e. The number of rotatable bonds is 9. The average molecular weight is 717 g/mol. The fraction of sp³-hybridized carbons (Fsp3) is 0.976. The van der Waals surface area contributed by atoms with Gasteiger partial charge in [-0.15, -0.1) is 0 Å². The highest BCUT2D eigenvalue weighted by atomic mass is 16.8. The summed E-state index contributed by atoms with van der Waals surface area (Å²) in [5, 5.41) is 32.8. The van der Waals surface area contributed by atoms with Crippen molar-refractivity contribution < 1.29 is 43.8 Å². The molecule has 3 heterocycles. The molecule has 3 saturated heterocycles. The van der Waals surface area contributed by atoms with Crippen LogP contribution in [0.2, 0.25) is 0 Å². The van der Waals surface area contributed by atoms with E-state index in [9.17, 15) is 20.1 Å². The van der Waals surface area contributed by atoms with E-state index in [0.717, 1.165) is 77.0 Å². The van der Waals surface area contributed by atoms with Gasteiger partial charge in [0.15, 0.2) is 12.1 Å². The van der Waals surface area contributed by atoms with Gasteiger partial charge in [-0.3, -0.25) is 4.79 Å². The molecule has 8 unspecified atom stereocenters. The SMILES string of the molecule is C[C@H]1C(OCCO[C@@H]2CC[C@@]3(C)C(C2)C[C@@H](O)C2C3C[C@H](O)[C@@]3(C)C2CC[C@@H]3CCCC(=O)O)CCOC2O[C@@]3(C)CCC4[C@H](C)CCC1[C@@]24O3. The highest BCUT2D eigenvalue weighted by molar-refractivity contribution is 5.66. The summed E-state index contributed by atoms with van der Waals surface area (Å²) in [6.07, 6.45) is 12.8. The van der Waals surface area contributed by atoms with E-state index >= 15 is 0 Å². The lowest BCUT2D eigenvalue weighted by atomic mass is 9.43. The van der Waals surface area contributed by atoms with E-state index in [1.807, 2.05) is 0 Å². The molecule has 2 bridgehead atoms. The van der Waals surface area contributed by atoms with E-state index in [-0.39, 0.29) is 53.4 Å². The first-order valence-corrected chi connectivity index (χ1v) is 21.1. The van der Waals surface area contributed by atoms with Crippen LogP contribution in [0.3, 0.4) is 0 Å². The van der Waals surface area contributed by atoms with Gasteiger partial charge in [0.05, 0.1) is 44.2 Å². The fourth-order valence-electron chi connectivity index (χ4n) is 14.6. The van der Waals surface area contributed by atoms with E-state index in [2.05, 4.69) is 34.6 Å². The van der Waals surface area contributed by atoms with Gasteiger partial charge in [0.1, 0.15) is 5.60 Å². The van der Waals surface area contributed by atoms with Crippen molar-refractivity contribution in [2.24, 2.45) is 64.1 Å². The summed E-state index contributed by atoms with van der Waals surface area (Å²) in [5.41, 5.74) is -0.529. The molecule has 3 N–H and O–H groups in total. The Balaban J connectivity index is 0.862. The quantitative estimate of drug-likeness (QED) is 0.218. The van der Waals surface area contributed by atoms with Crippen LogP contribution < -0.4 is 0 Å². The Morgan fingerprint density at radius 2 is 1.63 bits per heavy atom. The molecular weight excluding hydrogens is 648 g/mol. The van der Waals surface area contributed by atoms with Crippen LogP contribution in [0.15, 0.2) is 0 Å². The molecule has 5 aliphatic carbocycles. The molecule has 0 aromatic heterocycles. The Bertz CT molecular complexity index is 1280. The zero-order chi connectivity index (χ0) is 35.9. The standard InChI is InChI=1S/C42H68O9/c1-24-9-11-30-25(2)34(15-18-49-38-42(30)29(24)14-17-40(4,50-38)51-42)48-20-19-47-28-13-16-39(3)27(21-28)22-33(43)37-31-12-10-26(7-6-8-36(45)46)41(31,5)35(44)23-32(37)39/h24-35,37-38,43-44H,6-23H2,1-5H3,(H,45,46)/t24-,25-,26+,27?,28-,29?,30?,31?,32?,33-,34?,35+,37?,38?,39+,40-,41-,42-/m1/s1. The van der Waals surface area contributed by atoms with E-state index in [4.69, 9.17) is 23.7 Å². The normalized spacial score (nSPS) is 54.7. The van der Waals surface area contributed by atoms with Crippen molar-refractivity contribution >= 4 is 5.97 Å². The van der Waals surface area contributed by atoms with E-state index < -0.39 is 17.9 Å². The number of aliphatic hydroxyl groups excluding tert-OH is 2. The molecule has 0 amide bonds. The summed E-state index contributed by atoms with van der Waals surface area (Å²) >= 11 is 0. The van der Waals surface area contributed by atoms with Gasteiger partial charge in [-0.1, -0.05) is 27.7 Å². The third-order valence-corrected chi connectivity index (χ3v) is 17.3. The van der Waals surface area contributed by atoms with E-state index in [1.54, 1.807) is 0 Å². The summed E-state index contributed by atoms with van der Waals surface area (Å²) < 4.78 is 33.2. The minimum Gasteiger partial charge on any atom is -0.481 e. The van der Waals surface area contributed by atoms with Gasteiger partial charge in [-0.05, 0) is 154 Å². The molecule has 3 aliphatic heterocycles. The molecule has 0 radical (unpaired) electrons. The molecule has 8 rings (SSSR count). The Hall–Kier alpha value is -0.810. The molecule has 290 valence electrons. The first-order chi connectivity index (χ1) is 24.3. The third-order valence-electron chi connectivity index (χ3n) is 17.3. The molecule has 5 saturated carbocycles. The molecule has 18 atom stereocenters. The first-order valence-electron chi connectivity index (χ1n) is 21.1. The van der Waals surface area contributed by atoms with Crippen molar-refractivity contribution in [3.8, 4) is 0 Å². The van der Waals surface area contributed by atoms with Crippen molar-refractivity contribution in [2.75, 3.05) is 19.8 Å². The van der Waals surface area contributed by atoms with Crippen LogP contribution in [0.4, 0.5) is 0 Å². The Kier molecular flexibility index (Phi) is 10.0. The van der Waals surface area contributed by atoms with Crippen molar-refractivity contribution in [2.45, 2.75) is 173 Å². The number of fused-ring (bicyclic) bond motifs is 6. The number of ether oxygens (including phenoxy) is 5. The number of carboxylic acid groups (broad SMARTS) is 1. The maximum Gasteiger partial charge on any atom is 0.303 e. The minimum atomic E-state index is -0.742. The van der Waals surface area contributed by atoms with E-state index in [0.29, 0.717) is 73.6 Å². The maximum absolute atomic E-state index is 11.8. The summed E-state index contributed by atoms with van der Waals surface area (Å²) in [5.74, 6) is 1.99. The van der Waals surface area contributed by atoms with Crippen LogP contribution in [0, 0.1) is 64.1 Å². The molecule has 0 aromatic rings. The Labute approximate surface area is 306 Å². The van der Waals surface area contributed by atoms with Gasteiger partial charge >= 0.3 is 5.97 Å². The van der Waals surface area contributed by atoms with Gasteiger partial charge in [-0.25, -0.2) is 0 Å². The second-order valence-electron chi connectivity index (χ2n) is 19.5.